The van der Waals surface area contributed by atoms with Crippen LogP contribution >= 0.6 is 0 Å². The third-order valence-corrected chi connectivity index (χ3v) is 2.51. The molecule has 1 aromatic heterocycles. The molecular formula is C14H15FN2O2. The van der Waals surface area contributed by atoms with Gasteiger partial charge >= 0.3 is 0 Å². The zero-order valence-electron chi connectivity index (χ0n) is 10.8. The Balaban J connectivity index is 2.26. The molecule has 4 nitrogen and oxygen atoms in total. The van der Waals surface area contributed by atoms with Gasteiger partial charge in [-0.05, 0) is 25.2 Å². The molecule has 0 fully saturated rings. The SMILES string of the molecule is CNCc1cc(F)cnc1Oc1cccc(OC)c1. The van der Waals surface area contributed by atoms with Gasteiger partial charge in [0.1, 0.15) is 17.3 Å². The van der Waals surface area contributed by atoms with Crippen LogP contribution in [0.3, 0.4) is 0 Å². The van der Waals surface area contributed by atoms with Crippen LogP contribution in [0.1, 0.15) is 5.56 Å². The Hall–Kier alpha value is -2.14. The normalized spacial score (nSPS) is 10.3. The van der Waals surface area contributed by atoms with Gasteiger partial charge in [-0.3, -0.25) is 0 Å². The number of pyridine rings is 1. The van der Waals surface area contributed by atoms with Crippen LogP contribution < -0.4 is 14.8 Å². The quantitative estimate of drug-likeness (QED) is 0.899. The van der Waals surface area contributed by atoms with Crippen molar-refractivity contribution in [1.82, 2.24) is 10.3 Å². The third kappa shape index (κ3) is 3.42. The van der Waals surface area contributed by atoms with Gasteiger partial charge < -0.3 is 14.8 Å². The van der Waals surface area contributed by atoms with E-state index >= 15 is 0 Å². The number of nitrogens with one attached hydrogen (secondary N) is 1. The van der Waals surface area contributed by atoms with E-state index in [9.17, 15) is 4.39 Å². The molecule has 0 aliphatic heterocycles. The lowest BCUT2D eigenvalue weighted by Gasteiger charge is -2.10. The largest absolute Gasteiger partial charge is 0.497 e. The zero-order valence-corrected chi connectivity index (χ0v) is 10.8. The Kier molecular flexibility index (Phi) is 4.30. The summed E-state index contributed by atoms with van der Waals surface area (Å²) in [6.45, 7) is 0.476. The minimum absolute atomic E-state index is 0.379. The summed E-state index contributed by atoms with van der Waals surface area (Å²) in [7, 11) is 3.36. The summed E-state index contributed by atoms with van der Waals surface area (Å²) in [5, 5.41) is 2.95. The van der Waals surface area contributed by atoms with Gasteiger partial charge in [-0.2, -0.15) is 0 Å². The molecule has 1 aromatic carbocycles. The highest BCUT2D eigenvalue weighted by Gasteiger charge is 2.08. The van der Waals surface area contributed by atoms with E-state index < -0.39 is 0 Å². The molecule has 2 rings (SSSR count). The maximum absolute atomic E-state index is 13.2. The smallest absolute Gasteiger partial charge is 0.223 e. The number of halogens is 1. The molecule has 0 radical (unpaired) electrons. The number of rotatable bonds is 5. The number of nitrogens with zero attached hydrogens (tertiary/aromatic N) is 1. The molecule has 0 unspecified atom stereocenters. The fourth-order valence-corrected chi connectivity index (χ4v) is 1.65. The van der Waals surface area contributed by atoms with Crippen LogP contribution in [-0.4, -0.2) is 19.1 Å². The van der Waals surface area contributed by atoms with Crippen LogP contribution in [-0.2, 0) is 6.54 Å². The summed E-state index contributed by atoms with van der Waals surface area (Å²) in [5.41, 5.74) is 0.658. The van der Waals surface area contributed by atoms with Gasteiger partial charge in [0.15, 0.2) is 0 Å². The highest BCUT2D eigenvalue weighted by Crippen LogP contribution is 2.26. The Bertz CT molecular complexity index is 561. The van der Waals surface area contributed by atoms with E-state index in [0.717, 1.165) is 6.20 Å². The summed E-state index contributed by atoms with van der Waals surface area (Å²) in [6, 6.07) is 8.57. The molecule has 1 N–H and O–H groups in total. The number of hydrogen-bond acceptors (Lipinski definition) is 4. The summed E-state index contributed by atoms with van der Waals surface area (Å²) >= 11 is 0. The average Bonchev–Trinajstić information content (AvgIpc) is 2.42. The second kappa shape index (κ2) is 6.15. The van der Waals surface area contributed by atoms with E-state index in [4.69, 9.17) is 9.47 Å². The van der Waals surface area contributed by atoms with Gasteiger partial charge in [-0.25, -0.2) is 9.37 Å². The summed E-state index contributed by atoms with van der Waals surface area (Å²) in [5.74, 6) is 1.28. The lowest BCUT2D eigenvalue weighted by molar-refractivity contribution is 0.406. The Morgan fingerprint density at radius 3 is 2.79 bits per heavy atom. The summed E-state index contributed by atoms with van der Waals surface area (Å²) in [6.07, 6.45) is 1.13. The molecular weight excluding hydrogens is 247 g/mol. The van der Waals surface area contributed by atoms with E-state index in [0.29, 0.717) is 29.5 Å². The number of methoxy groups -OCH3 is 1. The molecule has 0 spiro atoms. The molecule has 0 aliphatic carbocycles. The van der Waals surface area contributed by atoms with Crippen molar-refractivity contribution in [3.63, 3.8) is 0 Å². The van der Waals surface area contributed by atoms with Crippen LogP contribution in [0.2, 0.25) is 0 Å². The molecule has 19 heavy (non-hydrogen) atoms. The third-order valence-electron chi connectivity index (χ3n) is 2.51. The fraction of sp³-hybridized carbons (Fsp3) is 0.214. The maximum Gasteiger partial charge on any atom is 0.223 e. The van der Waals surface area contributed by atoms with E-state index in [1.54, 1.807) is 26.3 Å². The molecule has 1 heterocycles. The Morgan fingerprint density at radius 2 is 2.05 bits per heavy atom. The lowest BCUT2D eigenvalue weighted by atomic mass is 10.2. The number of ether oxygens (including phenoxy) is 2. The van der Waals surface area contributed by atoms with Gasteiger partial charge in [0.05, 0.1) is 13.3 Å². The van der Waals surface area contributed by atoms with Crippen molar-refractivity contribution >= 4 is 0 Å². The Labute approximate surface area is 111 Å². The predicted octanol–water partition coefficient (Wildman–Crippen LogP) is 2.74. The standard InChI is InChI=1S/C14H15FN2O2/c1-16-8-10-6-11(15)9-17-14(10)19-13-5-3-4-12(7-13)18-2/h3-7,9,16H,8H2,1-2H3. The second-order valence-corrected chi connectivity index (χ2v) is 3.93. The van der Waals surface area contributed by atoms with Crippen molar-refractivity contribution in [2.75, 3.05) is 14.2 Å². The van der Waals surface area contributed by atoms with Crippen LogP contribution in [0, 0.1) is 5.82 Å². The van der Waals surface area contributed by atoms with E-state index in [-0.39, 0.29) is 5.82 Å². The number of hydrogen-bond donors (Lipinski definition) is 1. The lowest BCUT2D eigenvalue weighted by Crippen LogP contribution is -2.07. The number of aromatic nitrogens is 1. The van der Waals surface area contributed by atoms with Gasteiger partial charge in [-0.15, -0.1) is 0 Å². The van der Waals surface area contributed by atoms with Gasteiger partial charge in [-0.1, -0.05) is 6.07 Å². The number of benzene rings is 1. The van der Waals surface area contributed by atoms with Crippen LogP contribution in [0.15, 0.2) is 36.5 Å². The van der Waals surface area contributed by atoms with E-state index in [1.807, 2.05) is 12.1 Å². The highest BCUT2D eigenvalue weighted by molar-refractivity contribution is 5.37. The monoisotopic (exact) mass is 262 g/mol. The molecule has 100 valence electrons. The van der Waals surface area contributed by atoms with Crippen molar-refractivity contribution in [3.05, 3.63) is 47.9 Å². The van der Waals surface area contributed by atoms with Gasteiger partial charge in [0, 0.05) is 18.2 Å². The van der Waals surface area contributed by atoms with Gasteiger partial charge in [0.2, 0.25) is 5.88 Å². The molecule has 0 bridgehead atoms. The molecule has 2 aromatic rings. The van der Waals surface area contributed by atoms with Crippen molar-refractivity contribution < 1.29 is 13.9 Å². The first-order valence-electron chi connectivity index (χ1n) is 5.84. The first kappa shape index (κ1) is 13.3. The fourth-order valence-electron chi connectivity index (χ4n) is 1.65. The molecule has 0 saturated carbocycles. The molecule has 0 aliphatic rings. The minimum Gasteiger partial charge on any atom is -0.497 e. The summed E-state index contributed by atoms with van der Waals surface area (Å²) in [4.78, 5) is 3.97. The van der Waals surface area contributed by atoms with Crippen LogP contribution in [0.5, 0.6) is 17.4 Å². The topological polar surface area (TPSA) is 43.4 Å². The molecule has 0 atom stereocenters. The molecule has 0 amide bonds. The summed E-state index contributed by atoms with van der Waals surface area (Å²) < 4.78 is 23.9. The first-order chi connectivity index (χ1) is 9.22. The highest BCUT2D eigenvalue weighted by atomic mass is 19.1. The van der Waals surface area contributed by atoms with E-state index in [2.05, 4.69) is 10.3 Å². The second-order valence-electron chi connectivity index (χ2n) is 3.93. The maximum atomic E-state index is 13.2. The molecule has 0 saturated heterocycles. The predicted molar refractivity (Wildman–Crippen MR) is 70.0 cm³/mol. The zero-order chi connectivity index (χ0) is 13.7. The minimum atomic E-state index is -0.386. The van der Waals surface area contributed by atoms with E-state index in [1.165, 1.54) is 6.07 Å². The van der Waals surface area contributed by atoms with Crippen LogP contribution in [0.4, 0.5) is 4.39 Å². The average molecular weight is 262 g/mol. The van der Waals surface area contributed by atoms with Gasteiger partial charge in [0.25, 0.3) is 0 Å². The van der Waals surface area contributed by atoms with Crippen molar-refractivity contribution in [2.45, 2.75) is 6.54 Å². The first-order valence-corrected chi connectivity index (χ1v) is 5.84. The molecule has 5 heteroatoms. The van der Waals surface area contributed by atoms with Crippen molar-refractivity contribution in [3.8, 4) is 17.4 Å². The Morgan fingerprint density at radius 1 is 1.26 bits per heavy atom. The van der Waals surface area contributed by atoms with Crippen LogP contribution in [0.25, 0.3) is 0 Å². The van der Waals surface area contributed by atoms with Crippen molar-refractivity contribution in [2.24, 2.45) is 0 Å². The van der Waals surface area contributed by atoms with Crippen molar-refractivity contribution in [1.29, 1.82) is 0 Å².